The van der Waals surface area contributed by atoms with Crippen LogP contribution in [0.2, 0.25) is 0 Å². The Morgan fingerprint density at radius 3 is 1.82 bits per heavy atom. The lowest BCUT2D eigenvalue weighted by atomic mass is 10.4. The molecule has 0 unspecified atom stereocenters. The van der Waals surface area contributed by atoms with Gasteiger partial charge in [0.25, 0.3) is 10.2 Å². The maximum absolute atomic E-state index is 11.4. The number of hydrogen-bond donors (Lipinski definition) is 0. The molecular weight excluding hydrogens is 191 g/mol. The minimum absolute atomic E-state index is 0.184. The zero-order chi connectivity index (χ0) is 9.24. The molecule has 7 heteroatoms. The van der Waals surface area contributed by atoms with Crippen LogP contribution >= 0.6 is 10.2 Å². The molecule has 0 aliphatic carbocycles. The first-order chi connectivity index (χ1) is 4.54. The molecule has 11 heavy (non-hydrogen) atoms. The number of unbranched alkanes of at least 4 members (excludes halogenated alkanes) is 1. The van der Waals surface area contributed by atoms with Crippen molar-refractivity contribution < 1.29 is 24.2 Å². The molecule has 0 aromatic rings. The number of rotatable bonds is 4. The lowest BCUT2D eigenvalue weighted by Gasteiger charge is -2.40. The first-order valence-electron chi connectivity index (χ1n) is 2.70. The van der Waals surface area contributed by atoms with Gasteiger partial charge in [-0.05, 0) is 6.42 Å². The van der Waals surface area contributed by atoms with Crippen molar-refractivity contribution >= 4 is 16.5 Å². The molecule has 0 aliphatic heterocycles. The van der Waals surface area contributed by atoms with Crippen molar-refractivity contribution in [3.8, 4) is 0 Å². The van der Waals surface area contributed by atoms with Crippen LogP contribution in [-0.4, -0.2) is 12.0 Å². The van der Waals surface area contributed by atoms with Gasteiger partial charge < -0.3 is 4.79 Å². The van der Waals surface area contributed by atoms with Crippen LogP contribution in [0.3, 0.4) is 0 Å². The van der Waals surface area contributed by atoms with E-state index in [9.17, 15) is 24.2 Å². The van der Waals surface area contributed by atoms with E-state index in [1.54, 1.807) is 0 Å². The highest BCUT2D eigenvalue weighted by atomic mass is 32.5. The monoisotopic (exact) mass is 198 g/mol. The summed E-state index contributed by atoms with van der Waals surface area (Å²) in [6.07, 6.45) is -1.13. The SMILES string of the molecule is O=CCCCS(F)(F)(F)(F)F. The highest BCUT2D eigenvalue weighted by Gasteiger charge is 2.62. The summed E-state index contributed by atoms with van der Waals surface area (Å²) in [6.45, 7) is 0. The van der Waals surface area contributed by atoms with Crippen LogP contribution in [0.15, 0.2) is 0 Å². The molecule has 0 aromatic heterocycles. The summed E-state index contributed by atoms with van der Waals surface area (Å²) in [5.41, 5.74) is 0. The Balaban J connectivity index is 4.04. The van der Waals surface area contributed by atoms with Gasteiger partial charge in [-0.2, -0.15) is 0 Å². The van der Waals surface area contributed by atoms with Crippen LogP contribution in [-0.2, 0) is 4.79 Å². The van der Waals surface area contributed by atoms with E-state index in [4.69, 9.17) is 0 Å². The van der Waals surface area contributed by atoms with Gasteiger partial charge in [0.05, 0.1) is 5.75 Å². The summed E-state index contributed by atoms with van der Waals surface area (Å²) in [5.74, 6) is -2.14. The normalized spacial score (nSPS) is 18.6. The van der Waals surface area contributed by atoms with E-state index < -0.39 is 28.8 Å². The molecule has 0 atom stereocenters. The molecule has 0 bridgehead atoms. The second-order valence-electron chi connectivity index (χ2n) is 2.14. The Kier molecular flexibility index (Phi) is 2.02. The molecule has 0 radical (unpaired) electrons. The van der Waals surface area contributed by atoms with E-state index in [1.807, 2.05) is 0 Å². The molecule has 0 aromatic carbocycles. The Bertz CT molecular complexity index is 156. The predicted octanol–water partition coefficient (Wildman–Crippen LogP) is 3.26. The van der Waals surface area contributed by atoms with E-state index in [1.165, 1.54) is 0 Å². The zero-order valence-corrected chi connectivity index (χ0v) is 6.22. The van der Waals surface area contributed by atoms with Gasteiger partial charge in [-0.25, -0.2) is 0 Å². The molecule has 0 fully saturated rings. The molecule has 0 rings (SSSR count). The average Bonchev–Trinajstić information content (AvgIpc) is 1.59. The fraction of sp³-hybridized carbons (Fsp3) is 0.750. The third-order valence-corrected chi connectivity index (χ3v) is 1.91. The van der Waals surface area contributed by atoms with Gasteiger partial charge in [-0.15, -0.1) is 0 Å². The van der Waals surface area contributed by atoms with E-state index in [0.29, 0.717) is 0 Å². The van der Waals surface area contributed by atoms with Gasteiger partial charge in [0.2, 0.25) is 0 Å². The lowest BCUT2D eigenvalue weighted by Crippen LogP contribution is -2.10. The number of carbonyl (C=O) groups excluding carboxylic acids is 1. The molecule has 0 spiro atoms. The molecule has 70 valence electrons. The first-order valence-corrected chi connectivity index (χ1v) is 4.82. The number of aldehydes is 1. The first kappa shape index (κ1) is 10.7. The summed E-state index contributed by atoms with van der Waals surface area (Å²) >= 11 is 0. The van der Waals surface area contributed by atoms with Crippen molar-refractivity contribution in [2.45, 2.75) is 12.8 Å². The van der Waals surface area contributed by atoms with Crippen LogP contribution in [0.1, 0.15) is 12.8 Å². The third kappa shape index (κ3) is 9.67. The fourth-order valence-electron chi connectivity index (χ4n) is 0.439. The van der Waals surface area contributed by atoms with Gasteiger partial charge in [0, 0.05) is 6.42 Å². The highest BCUT2D eigenvalue weighted by Crippen LogP contribution is 2.97. The van der Waals surface area contributed by atoms with Crippen molar-refractivity contribution in [2.75, 3.05) is 5.75 Å². The Morgan fingerprint density at radius 2 is 1.55 bits per heavy atom. The Hall–Kier alpha value is -0.330. The van der Waals surface area contributed by atoms with Crippen molar-refractivity contribution in [3.05, 3.63) is 0 Å². The van der Waals surface area contributed by atoms with Crippen LogP contribution < -0.4 is 0 Å². The number of hydrogen-bond acceptors (Lipinski definition) is 1. The largest absolute Gasteiger partial charge is 0.303 e. The van der Waals surface area contributed by atoms with Crippen molar-refractivity contribution in [1.82, 2.24) is 0 Å². The van der Waals surface area contributed by atoms with Gasteiger partial charge in [0.1, 0.15) is 6.29 Å². The summed E-state index contributed by atoms with van der Waals surface area (Å²) in [6, 6.07) is 0. The van der Waals surface area contributed by atoms with E-state index in [-0.39, 0.29) is 6.29 Å². The van der Waals surface area contributed by atoms with Gasteiger partial charge in [-0.3, -0.25) is 0 Å². The molecular formula is C4H7F5OS. The van der Waals surface area contributed by atoms with Crippen LogP contribution in [0.25, 0.3) is 0 Å². The maximum Gasteiger partial charge on any atom is 0.285 e. The molecule has 0 amide bonds. The highest BCUT2D eigenvalue weighted by molar-refractivity contribution is 8.45. The van der Waals surface area contributed by atoms with Gasteiger partial charge in [0.15, 0.2) is 0 Å². The molecule has 0 aliphatic rings. The third-order valence-electron chi connectivity index (χ3n) is 0.852. The second-order valence-corrected chi connectivity index (χ2v) is 4.81. The van der Waals surface area contributed by atoms with Gasteiger partial charge in [-0.1, -0.05) is 19.4 Å². The predicted molar refractivity (Wildman–Crippen MR) is 33.3 cm³/mol. The molecule has 1 nitrogen and oxygen atoms in total. The lowest BCUT2D eigenvalue weighted by molar-refractivity contribution is -0.107. The molecule has 0 N–H and O–H groups in total. The van der Waals surface area contributed by atoms with Crippen LogP contribution in [0.4, 0.5) is 19.4 Å². The Morgan fingerprint density at radius 1 is 1.09 bits per heavy atom. The zero-order valence-electron chi connectivity index (χ0n) is 5.40. The minimum Gasteiger partial charge on any atom is -0.303 e. The average molecular weight is 198 g/mol. The fourth-order valence-corrected chi connectivity index (χ4v) is 1.15. The topological polar surface area (TPSA) is 17.1 Å². The van der Waals surface area contributed by atoms with E-state index in [0.717, 1.165) is 0 Å². The smallest absolute Gasteiger partial charge is 0.285 e. The number of halogens is 5. The van der Waals surface area contributed by atoms with E-state index in [2.05, 4.69) is 0 Å². The summed E-state index contributed by atoms with van der Waals surface area (Å²) in [4.78, 5) is 9.50. The van der Waals surface area contributed by atoms with Crippen LogP contribution in [0, 0.1) is 0 Å². The van der Waals surface area contributed by atoms with Crippen molar-refractivity contribution in [3.63, 3.8) is 0 Å². The van der Waals surface area contributed by atoms with Crippen molar-refractivity contribution in [2.24, 2.45) is 0 Å². The molecule has 0 saturated heterocycles. The standard InChI is InChI=1S/C4H7F5OS/c5-11(6,7,8,9)4-2-1-3-10/h3H,1-2,4H2. The summed E-state index contributed by atoms with van der Waals surface area (Å²) in [7, 11) is -9.23. The second kappa shape index (κ2) is 2.09. The van der Waals surface area contributed by atoms with Crippen molar-refractivity contribution in [1.29, 1.82) is 0 Å². The van der Waals surface area contributed by atoms with Crippen LogP contribution in [0.5, 0.6) is 0 Å². The van der Waals surface area contributed by atoms with Gasteiger partial charge >= 0.3 is 0 Å². The quantitative estimate of drug-likeness (QED) is 0.385. The maximum atomic E-state index is 11.4. The summed E-state index contributed by atoms with van der Waals surface area (Å²) in [5, 5.41) is 0. The summed E-state index contributed by atoms with van der Waals surface area (Å²) < 4.78 is 57.1. The Labute approximate surface area is 60.3 Å². The molecule has 0 saturated carbocycles. The minimum atomic E-state index is -9.23. The van der Waals surface area contributed by atoms with E-state index >= 15 is 0 Å². The molecule has 0 heterocycles. The number of carbonyl (C=O) groups is 1.